The summed E-state index contributed by atoms with van der Waals surface area (Å²) in [7, 11) is 2.17. The number of anilines is 2. The van der Waals surface area contributed by atoms with E-state index in [9.17, 15) is 0 Å². The molecule has 1 N–H and O–H groups in total. The highest BCUT2D eigenvalue weighted by Crippen LogP contribution is 2.34. The van der Waals surface area contributed by atoms with Gasteiger partial charge >= 0.3 is 0 Å². The molecule has 3 heterocycles. The van der Waals surface area contributed by atoms with Gasteiger partial charge in [-0.25, -0.2) is 4.98 Å². The average molecular weight is 279 g/mol. The molecule has 1 saturated heterocycles. The number of nitrogens with zero attached hydrogens (tertiary/aromatic N) is 4. The first kappa shape index (κ1) is 13.0. The van der Waals surface area contributed by atoms with Gasteiger partial charge in [0.2, 0.25) is 5.95 Å². The Labute approximate surface area is 118 Å². The maximum absolute atomic E-state index is 4.78. The number of likely N-dealkylation sites (N-methyl/N-ethyl adjacent to an activating group) is 1. The summed E-state index contributed by atoms with van der Waals surface area (Å²) in [5, 5.41) is 3.39. The standard InChI is InChI=1S/C13H21N5S/c1-3-14-12-10-8-19-9-11(10)15-13(16-12)18-6-4-17(2)5-7-18/h3-9H2,1-2H3,(H,14,15,16). The van der Waals surface area contributed by atoms with E-state index in [0.29, 0.717) is 0 Å². The van der Waals surface area contributed by atoms with Crippen LogP contribution < -0.4 is 10.2 Å². The summed E-state index contributed by atoms with van der Waals surface area (Å²) in [4.78, 5) is 14.2. The quantitative estimate of drug-likeness (QED) is 0.902. The van der Waals surface area contributed by atoms with E-state index in [-0.39, 0.29) is 0 Å². The number of hydrogen-bond donors (Lipinski definition) is 1. The number of rotatable bonds is 3. The summed E-state index contributed by atoms with van der Waals surface area (Å²) < 4.78 is 0. The molecule has 0 atom stereocenters. The van der Waals surface area contributed by atoms with Crippen LogP contribution in [0.4, 0.5) is 11.8 Å². The molecular formula is C13H21N5S. The Balaban J connectivity index is 1.87. The van der Waals surface area contributed by atoms with Gasteiger partial charge in [0.1, 0.15) is 5.82 Å². The zero-order valence-corrected chi connectivity index (χ0v) is 12.5. The lowest BCUT2D eigenvalue weighted by molar-refractivity contribution is 0.311. The fourth-order valence-corrected chi connectivity index (χ4v) is 3.54. The van der Waals surface area contributed by atoms with E-state index in [1.807, 2.05) is 11.8 Å². The predicted octanol–water partition coefficient (Wildman–Crippen LogP) is 1.41. The van der Waals surface area contributed by atoms with Gasteiger partial charge in [0.25, 0.3) is 0 Å². The number of hydrogen-bond acceptors (Lipinski definition) is 6. The van der Waals surface area contributed by atoms with Gasteiger partial charge < -0.3 is 15.1 Å². The summed E-state index contributed by atoms with van der Waals surface area (Å²) >= 11 is 1.93. The van der Waals surface area contributed by atoms with Crippen molar-refractivity contribution in [2.75, 3.05) is 50.0 Å². The van der Waals surface area contributed by atoms with Crippen molar-refractivity contribution in [3.63, 3.8) is 0 Å². The summed E-state index contributed by atoms with van der Waals surface area (Å²) in [6.07, 6.45) is 0. The molecular weight excluding hydrogens is 258 g/mol. The van der Waals surface area contributed by atoms with Crippen LogP contribution in [0.3, 0.4) is 0 Å². The maximum atomic E-state index is 4.78. The molecule has 0 bridgehead atoms. The summed E-state index contributed by atoms with van der Waals surface area (Å²) in [5.41, 5.74) is 2.54. The Bertz CT molecular complexity index is 457. The topological polar surface area (TPSA) is 44.3 Å². The molecule has 0 aliphatic carbocycles. The minimum Gasteiger partial charge on any atom is -0.370 e. The lowest BCUT2D eigenvalue weighted by Crippen LogP contribution is -2.45. The van der Waals surface area contributed by atoms with Crippen LogP contribution in [-0.4, -0.2) is 54.6 Å². The largest absolute Gasteiger partial charge is 0.370 e. The summed E-state index contributed by atoms with van der Waals surface area (Å²) in [6.45, 7) is 7.25. The minimum atomic E-state index is 0.908. The van der Waals surface area contributed by atoms with Gasteiger partial charge in [-0.15, -0.1) is 0 Å². The van der Waals surface area contributed by atoms with Crippen LogP contribution in [0.5, 0.6) is 0 Å². The van der Waals surface area contributed by atoms with Gasteiger partial charge in [0, 0.05) is 49.8 Å². The van der Waals surface area contributed by atoms with Crippen LogP contribution in [0.25, 0.3) is 0 Å². The third-order valence-corrected chi connectivity index (χ3v) is 4.67. The van der Waals surface area contributed by atoms with Gasteiger partial charge in [-0.3, -0.25) is 0 Å². The van der Waals surface area contributed by atoms with Gasteiger partial charge in [0.15, 0.2) is 0 Å². The molecule has 0 amide bonds. The summed E-state index contributed by atoms with van der Waals surface area (Å²) in [6, 6.07) is 0. The monoisotopic (exact) mass is 279 g/mol. The summed E-state index contributed by atoms with van der Waals surface area (Å²) in [5.74, 6) is 4.02. The molecule has 2 aliphatic heterocycles. The van der Waals surface area contributed by atoms with E-state index in [4.69, 9.17) is 9.97 Å². The van der Waals surface area contributed by atoms with Gasteiger partial charge in [0.05, 0.1) is 5.69 Å². The van der Waals surface area contributed by atoms with Crippen molar-refractivity contribution in [2.45, 2.75) is 18.4 Å². The fourth-order valence-electron chi connectivity index (χ4n) is 2.50. The van der Waals surface area contributed by atoms with Crippen molar-refractivity contribution in [2.24, 2.45) is 0 Å². The van der Waals surface area contributed by atoms with E-state index in [0.717, 1.165) is 56.0 Å². The number of aromatic nitrogens is 2. The lowest BCUT2D eigenvalue weighted by atomic mass is 10.2. The van der Waals surface area contributed by atoms with Crippen molar-refractivity contribution in [3.05, 3.63) is 11.3 Å². The first-order valence-corrected chi connectivity index (χ1v) is 8.08. The van der Waals surface area contributed by atoms with Crippen molar-refractivity contribution in [1.29, 1.82) is 0 Å². The molecule has 1 fully saturated rings. The first-order valence-electron chi connectivity index (χ1n) is 6.93. The van der Waals surface area contributed by atoms with Crippen molar-refractivity contribution >= 4 is 23.5 Å². The highest BCUT2D eigenvalue weighted by atomic mass is 32.2. The Kier molecular flexibility index (Phi) is 3.79. The van der Waals surface area contributed by atoms with Crippen LogP contribution in [0, 0.1) is 0 Å². The third kappa shape index (κ3) is 2.65. The molecule has 104 valence electrons. The molecule has 0 saturated carbocycles. The normalized spacial score (nSPS) is 19.6. The van der Waals surface area contributed by atoms with E-state index < -0.39 is 0 Å². The number of piperazine rings is 1. The molecule has 0 aromatic carbocycles. The van der Waals surface area contributed by atoms with E-state index in [1.165, 1.54) is 11.3 Å². The van der Waals surface area contributed by atoms with E-state index >= 15 is 0 Å². The second-order valence-corrected chi connectivity index (χ2v) is 6.10. The van der Waals surface area contributed by atoms with Gasteiger partial charge in [-0.05, 0) is 14.0 Å². The number of thioether (sulfide) groups is 1. The van der Waals surface area contributed by atoms with Crippen LogP contribution in [0.1, 0.15) is 18.2 Å². The smallest absolute Gasteiger partial charge is 0.227 e. The highest BCUT2D eigenvalue weighted by molar-refractivity contribution is 7.98. The Morgan fingerprint density at radius 2 is 1.95 bits per heavy atom. The van der Waals surface area contributed by atoms with Crippen molar-refractivity contribution in [1.82, 2.24) is 14.9 Å². The lowest BCUT2D eigenvalue weighted by Gasteiger charge is -2.32. The van der Waals surface area contributed by atoms with Gasteiger partial charge in [-0.1, -0.05) is 0 Å². The van der Waals surface area contributed by atoms with Gasteiger partial charge in [-0.2, -0.15) is 16.7 Å². The van der Waals surface area contributed by atoms with E-state index in [1.54, 1.807) is 0 Å². The number of fused-ring (bicyclic) bond motifs is 1. The second-order valence-electron chi connectivity index (χ2n) is 5.11. The average Bonchev–Trinajstić information content (AvgIpc) is 2.88. The molecule has 1 aromatic rings. The molecule has 5 nitrogen and oxygen atoms in total. The van der Waals surface area contributed by atoms with Crippen LogP contribution in [-0.2, 0) is 11.5 Å². The van der Waals surface area contributed by atoms with Crippen LogP contribution >= 0.6 is 11.8 Å². The molecule has 6 heteroatoms. The van der Waals surface area contributed by atoms with E-state index in [2.05, 4.69) is 29.1 Å². The first-order chi connectivity index (χ1) is 9.28. The molecule has 0 radical (unpaired) electrons. The second kappa shape index (κ2) is 5.54. The third-order valence-electron chi connectivity index (χ3n) is 3.70. The molecule has 1 aromatic heterocycles. The Morgan fingerprint density at radius 1 is 1.16 bits per heavy atom. The fraction of sp³-hybridized carbons (Fsp3) is 0.692. The zero-order chi connectivity index (χ0) is 13.2. The molecule has 2 aliphatic rings. The van der Waals surface area contributed by atoms with Crippen molar-refractivity contribution < 1.29 is 0 Å². The molecule has 0 unspecified atom stereocenters. The van der Waals surface area contributed by atoms with Crippen molar-refractivity contribution in [3.8, 4) is 0 Å². The molecule has 19 heavy (non-hydrogen) atoms. The SMILES string of the molecule is CCNc1nc(N2CCN(C)CC2)nc2c1CSC2. The van der Waals surface area contributed by atoms with Crippen LogP contribution in [0.15, 0.2) is 0 Å². The Hall–Kier alpha value is -1.01. The Morgan fingerprint density at radius 3 is 2.68 bits per heavy atom. The highest BCUT2D eigenvalue weighted by Gasteiger charge is 2.23. The molecule has 0 spiro atoms. The minimum absolute atomic E-state index is 0.908. The zero-order valence-electron chi connectivity index (χ0n) is 11.6. The number of nitrogens with one attached hydrogen (secondary N) is 1. The molecule has 3 rings (SSSR count). The van der Waals surface area contributed by atoms with Crippen LogP contribution in [0.2, 0.25) is 0 Å². The predicted molar refractivity (Wildman–Crippen MR) is 80.9 cm³/mol. The maximum Gasteiger partial charge on any atom is 0.227 e.